The van der Waals surface area contributed by atoms with E-state index in [0.29, 0.717) is 19.5 Å². The number of nitrogens with zero attached hydrogens (tertiary/aromatic N) is 2. The number of aliphatic carboxylic acids is 1. The van der Waals surface area contributed by atoms with E-state index in [1.54, 1.807) is 11.8 Å². The lowest BCUT2D eigenvalue weighted by molar-refractivity contribution is -0.147. The quantitative estimate of drug-likeness (QED) is 0.807. The average Bonchev–Trinajstić information content (AvgIpc) is 2.97. The highest BCUT2D eigenvalue weighted by atomic mass is 16.4. The number of hydrogen-bond donors (Lipinski definition) is 2. The molecule has 2 saturated heterocycles. The van der Waals surface area contributed by atoms with Gasteiger partial charge in [0.25, 0.3) is 0 Å². The van der Waals surface area contributed by atoms with Gasteiger partial charge in [0.15, 0.2) is 0 Å². The highest BCUT2D eigenvalue weighted by molar-refractivity contribution is 5.79. The van der Waals surface area contributed by atoms with Crippen molar-refractivity contribution in [2.75, 3.05) is 32.7 Å². The van der Waals surface area contributed by atoms with E-state index in [9.17, 15) is 14.7 Å². The molecule has 0 aliphatic carbocycles. The summed E-state index contributed by atoms with van der Waals surface area (Å²) in [5, 5.41) is 12.3. The van der Waals surface area contributed by atoms with Gasteiger partial charge in [0.05, 0.1) is 5.41 Å². The van der Waals surface area contributed by atoms with Crippen LogP contribution < -0.4 is 5.32 Å². The van der Waals surface area contributed by atoms with Crippen molar-refractivity contribution < 1.29 is 14.7 Å². The van der Waals surface area contributed by atoms with Crippen molar-refractivity contribution in [1.82, 2.24) is 15.1 Å². The fraction of sp³-hybridized carbons (Fsp3) is 0.889. The van der Waals surface area contributed by atoms with Crippen LogP contribution in [0.5, 0.6) is 0 Å². The minimum absolute atomic E-state index is 0.0840. The SMILES string of the molecule is CCC1CCCN(C(C)(C)CNC(=O)N2CCC(C)(C(=O)O)C2)C1. The summed E-state index contributed by atoms with van der Waals surface area (Å²) in [5.74, 6) is -0.0689. The van der Waals surface area contributed by atoms with Crippen molar-refractivity contribution in [1.29, 1.82) is 0 Å². The smallest absolute Gasteiger partial charge is 0.317 e. The Morgan fingerprint density at radius 1 is 1.33 bits per heavy atom. The van der Waals surface area contributed by atoms with E-state index >= 15 is 0 Å². The first-order chi connectivity index (χ1) is 11.2. The zero-order valence-corrected chi connectivity index (χ0v) is 15.6. The Bertz CT molecular complexity index is 480. The van der Waals surface area contributed by atoms with Crippen LogP contribution in [0.4, 0.5) is 4.79 Å². The van der Waals surface area contributed by atoms with Gasteiger partial charge >= 0.3 is 12.0 Å². The Kier molecular flexibility index (Phi) is 5.78. The number of piperidine rings is 1. The second-order valence-corrected chi connectivity index (χ2v) is 8.37. The van der Waals surface area contributed by atoms with Gasteiger partial charge < -0.3 is 15.3 Å². The third-order valence-electron chi connectivity index (χ3n) is 5.90. The molecule has 0 aromatic carbocycles. The lowest BCUT2D eigenvalue weighted by Gasteiger charge is -2.43. The van der Waals surface area contributed by atoms with Gasteiger partial charge in [0, 0.05) is 31.7 Å². The van der Waals surface area contributed by atoms with E-state index in [2.05, 4.69) is 31.0 Å². The van der Waals surface area contributed by atoms with Gasteiger partial charge in [-0.1, -0.05) is 13.3 Å². The summed E-state index contributed by atoms with van der Waals surface area (Å²) in [4.78, 5) is 27.8. The van der Waals surface area contributed by atoms with Crippen LogP contribution in [0.25, 0.3) is 0 Å². The van der Waals surface area contributed by atoms with Gasteiger partial charge in [-0.2, -0.15) is 0 Å². The minimum atomic E-state index is -0.822. The van der Waals surface area contributed by atoms with Gasteiger partial charge in [0.1, 0.15) is 0 Å². The molecule has 2 aliphatic heterocycles. The number of amides is 2. The van der Waals surface area contributed by atoms with Crippen molar-refractivity contribution >= 4 is 12.0 Å². The number of nitrogens with one attached hydrogen (secondary N) is 1. The predicted octanol–water partition coefficient (Wildman–Crippen LogP) is 2.39. The van der Waals surface area contributed by atoms with Gasteiger partial charge in [-0.3, -0.25) is 9.69 Å². The van der Waals surface area contributed by atoms with Gasteiger partial charge in [0.2, 0.25) is 0 Å². The summed E-state index contributed by atoms with van der Waals surface area (Å²) in [6, 6.07) is -0.142. The van der Waals surface area contributed by atoms with E-state index in [-0.39, 0.29) is 18.1 Å². The maximum absolute atomic E-state index is 12.4. The number of carboxylic acids is 1. The summed E-state index contributed by atoms with van der Waals surface area (Å²) < 4.78 is 0. The van der Waals surface area contributed by atoms with Crippen molar-refractivity contribution in [2.45, 2.75) is 58.9 Å². The van der Waals surface area contributed by atoms with E-state index in [1.807, 2.05) is 0 Å². The first kappa shape index (κ1) is 19.0. The molecular weight excluding hydrogens is 306 g/mol. The third kappa shape index (κ3) is 4.21. The first-order valence-electron chi connectivity index (χ1n) is 9.19. The Labute approximate surface area is 145 Å². The van der Waals surface area contributed by atoms with Gasteiger partial charge in [-0.15, -0.1) is 0 Å². The molecule has 0 aromatic heterocycles. The molecule has 6 nitrogen and oxygen atoms in total. The molecule has 6 heteroatoms. The summed E-state index contributed by atoms with van der Waals surface area (Å²) in [6.07, 6.45) is 4.25. The second-order valence-electron chi connectivity index (χ2n) is 8.37. The van der Waals surface area contributed by atoms with Crippen molar-refractivity contribution in [3.63, 3.8) is 0 Å². The van der Waals surface area contributed by atoms with E-state index in [1.165, 1.54) is 19.3 Å². The topological polar surface area (TPSA) is 72.9 Å². The van der Waals surface area contributed by atoms with E-state index < -0.39 is 11.4 Å². The van der Waals surface area contributed by atoms with Crippen LogP contribution in [0.1, 0.15) is 53.4 Å². The molecule has 2 amide bonds. The maximum atomic E-state index is 12.4. The van der Waals surface area contributed by atoms with Crippen LogP contribution in [0, 0.1) is 11.3 Å². The molecule has 0 radical (unpaired) electrons. The standard InChI is InChI=1S/C18H33N3O3/c1-5-14-7-6-9-21(11-14)17(2,3)12-19-16(24)20-10-8-18(4,13-20)15(22)23/h14H,5-13H2,1-4H3,(H,19,24)(H,22,23). The third-order valence-corrected chi connectivity index (χ3v) is 5.90. The number of hydrogen-bond acceptors (Lipinski definition) is 3. The number of carboxylic acid groups (broad SMARTS) is 1. The lowest BCUT2D eigenvalue weighted by Crippen LogP contribution is -2.56. The zero-order valence-electron chi connectivity index (χ0n) is 15.6. The monoisotopic (exact) mass is 339 g/mol. The number of urea groups is 1. The van der Waals surface area contributed by atoms with Gasteiger partial charge in [-0.05, 0) is 52.5 Å². The van der Waals surface area contributed by atoms with Crippen LogP contribution in [0.3, 0.4) is 0 Å². The molecule has 0 saturated carbocycles. The molecular formula is C18H33N3O3. The number of rotatable bonds is 5. The molecule has 0 aromatic rings. The van der Waals surface area contributed by atoms with Crippen LogP contribution in [-0.2, 0) is 4.79 Å². The Morgan fingerprint density at radius 3 is 2.62 bits per heavy atom. The molecule has 2 N–H and O–H groups in total. The summed E-state index contributed by atoms with van der Waals surface area (Å²) in [5.41, 5.74) is -0.895. The normalized spacial score (nSPS) is 28.8. The van der Waals surface area contributed by atoms with Crippen LogP contribution in [0.15, 0.2) is 0 Å². The molecule has 138 valence electrons. The number of carbonyl (C=O) groups is 2. The molecule has 0 spiro atoms. The van der Waals surface area contributed by atoms with Crippen LogP contribution in [0.2, 0.25) is 0 Å². The van der Waals surface area contributed by atoms with E-state index in [4.69, 9.17) is 0 Å². The lowest BCUT2D eigenvalue weighted by atomic mass is 9.90. The molecule has 2 rings (SSSR count). The molecule has 2 atom stereocenters. The van der Waals surface area contributed by atoms with Crippen LogP contribution >= 0.6 is 0 Å². The second kappa shape index (κ2) is 7.30. The molecule has 2 unspecified atom stereocenters. The highest BCUT2D eigenvalue weighted by Gasteiger charge is 2.42. The number of likely N-dealkylation sites (tertiary alicyclic amines) is 2. The van der Waals surface area contributed by atoms with Crippen molar-refractivity contribution in [3.8, 4) is 0 Å². The average molecular weight is 339 g/mol. The fourth-order valence-corrected chi connectivity index (χ4v) is 3.77. The van der Waals surface area contributed by atoms with Crippen molar-refractivity contribution in [2.24, 2.45) is 11.3 Å². The van der Waals surface area contributed by atoms with Gasteiger partial charge in [-0.25, -0.2) is 4.79 Å². The summed E-state index contributed by atoms with van der Waals surface area (Å²) >= 11 is 0. The minimum Gasteiger partial charge on any atom is -0.481 e. The number of carbonyl (C=O) groups excluding carboxylic acids is 1. The molecule has 2 fully saturated rings. The largest absolute Gasteiger partial charge is 0.481 e. The summed E-state index contributed by atoms with van der Waals surface area (Å²) in [7, 11) is 0. The zero-order chi connectivity index (χ0) is 18.0. The highest BCUT2D eigenvalue weighted by Crippen LogP contribution is 2.30. The maximum Gasteiger partial charge on any atom is 0.317 e. The predicted molar refractivity (Wildman–Crippen MR) is 94.0 cm³/mol. The fourth-order valence-electron chi connectivity index (χ4n) is 3.77. The van der Waals surface area contributed by atoms with E-state index in [0.717, 1.165) is 19.0 Å². The first-order valence-corrected chi connectivity index (χ1v) is 9.19. The molecule has 24 heavy (non-hydrogen) atoms. The Hall–Kier alpha value is -1.30. The Morgan fingerprint density at radius 2 is 2.04 bits per heavy atom. The summed E-state index contributed by atoms with van der Waals surface area (Å²) in [6.45, 7) is 11.9. The molecule has 2 heterocycles. The molecule has 0 bridgehead atoms. The molecule has 2 aliphatic rings. The van der Waals surface area contributed by atoms with Crippen LogP contribution in [-0.4, -0.2) is 65.2 Å². The Balaban J connectivity index is 1.85. The van der Waals surface area contributed by atoms with Crippen molar-refractivity contribution in [3.05, 3.63) is 0 Å².